The zero-order valence-corrected chi connectivity index (χ0v) is 11.5. The summed E-state index contributed by atoms with van der Waals surface area (Å²) in [7, 11) is 1.60. The van der Waals surface area contributed by atoms with Gasteiger partial charge in [0.05, 0.1) is 7.11 Å². The lowest BCUT2D eigenvalue weighted by atomic mass is 10.2. The average Bonchev–Trinajstić information content (AvgIpc) is 3.22. The Labute approximate surface area is 116 Å². The van der Waals surface area contributed by atoms with Crippen molar-refractivity contribution in [2.24, 2.45) is 11.0 Å². The van der Waals surface area contributed by atoms with Crippen molar-refractivity contribution in [1.82, 2.24) is 5.43 Å². The Balaban J connectivity index is 1.85. The van der Waals surface area contributed by atoms with E-state index in [0.717, 1.165) is 18.2 Å². The van der Waals surface area contributed by atoms with Gasteiger partial charge in [0.25, 0.3) is 0 Å². The number of carbonyl (C=O) groups excluding carboxylic acids is 1. The maximum atomic E-state index is 11.5. The molecule has 1 heterocycles. The van der Waals surface area contributed by atoms with Crippen LogP contribution in [-0.4, -0.2) is 18.7 Å². The highest BCUT2D eigenvalue weighted by Gasteiger charge is 2.29. The van der Waals surface area contributed by atoms with Crippen molar-refractivity contribution in [1.29, 1.82) is 0 Å². The smallest absolute Gasteiger partial charge is 0.243 e. The topological polar surface area (TPSA) is 63.8 Å². The minimum absolute atomic E-state index is 0.0157. The van der Waals surface area contributed by atoms with Crippen LogP contribution in [-0.2, 0) is 4.79 Å². The number of amides is 1. The third-order valence-corrected chi connectivity index (χ3v) is 3.37. The van der Waals surface area contributed by atoms with Crippen LogP contribution in [0.2, 0.25) is 0 Å². The summed E-state index contributed by atoms with van der Waals surface area (Å²) in [6, 6.07) is 7.58. The number of carbonyl (C=O) groups is 1. The Morgan fingerprint density at radius 3 is 2.95 bits per heavy atom. The molecule has 1 fully saturated rings. The van der Waals surface area contributed by atoms with E-state index in [1.54, 1.807) is 14.0 Å². The minimum atomic E-state index is -0.0157. The average molecular weight is 272 g/mol. The van der Waals surface area contributed by atoms with E-state index >= 15 is 0 Å². The van der Waals surface area contributed by atoms with E-state index in [2.05, 4.69) is 10.5 Å². The van der Waals surface area contributed by atoms with Crippen LogP contribution in [0, 0.1) is 5.92 Å². The number of hydrogen-bond acceptors (Lipinski definition) is 4. The van der Waals surface area contributed by atoms with E-state index in [1.807, 2.05) is 24.3 Å². The second kappa shape index (κ2) is 5.00. The van der Waals surface area contributed by atoms with Gasteiger partial charge >= 0.3 is 0 Å². The van der Waals surface area contributed by atoms with E-state index in [1.165, 1.54) is 0 Å². The Bertz CT molecular complexity index is 683. The number of nitrogens with one attached hydrogen (secondary N) is 1. The molecule has 0 aliphatic heterocycles. The molecule has 20 heavy (non-hydrogen) atoms. The van der Waals surface area contributed by atoms with Crippen LogP contribution in [0.1, 0.15) is 25.5 Å². The molecule has 0 atom stereocenters. The van der Waals surface area contributed by atoms with Crippen LogP contribution < -0.4 is 10.2 Å². The lowest BCUT2D eigenvalue weighted by Gasteiger charge is -1.99. The molecule has 0 spiro atoms. The van der Waals surface area contributed by atoms with Crippen molar-refractivity contribution < 1.29 is 13.9 Å². The van der Waals surface area contributed by atoms with Gasteiger partial charge in [0.2, 0.25) is 5.91 Å². The highest BCUT2D eigenvalue weighted by molar-refractivity contribution is 6.01. The predicted molar refractivity (Wildman–Crippen MR) is 75.8 cm³/mol. The predicted octanol–water partition coefficient (Wildman–Crippen LogP) is 2.69. The van der Waals surface area contributed by atoms with Gasteiger partial charge in [0.1, 0.15) is 5.71 Å². The van der Waals surface area contributed by atoms with Crippen LogP contribution in [0.5, 0.6) is 5.75 Å². The molecule has 2 aromatic rings. The highest BCUT2D eigenvalue weighted by Crippen LogP contribution is 2.29. The van der Waals surface area contributed by atoms with Gasteiger partial charge in [-0.05, 0) is 31.9 Å². The van der Waals surface area contributed by atoms with Crippen LogP contribution in [0.4, 0.5) is 0 Å². The van der Waals surface area contributed by atoms with Crippen LogP contribution in [0.15, 0.2) is 33.8 Å². The zero-order valence-electron chi connectivity index (χ0n) is 11.5. The Hall–Kier alpha value is -2.30. The monoisotopic (exact) mass is 272 g/mol. The van der Waals surface area contributed by atoms with Gasteiger partial charge < -0.3 is 9.15 Å². The number of rotatable bonds is 4. The lowest BCUT2D eigenvalue weighted by molar-refractivity contribution is -0.122. The third-order valence-electron chi connectivity index (χ3n) is 3.37. The quantitative estimate of drug-likeness (QED) is 0.687. The number of hydrogen-bond donors (Lipinski definition) is 1. The van der Waals surface area contributed by atoms with Crippen LogP contribution >= 0.6 is 0 Å². The van der Waals surface area contributed by atoms with E-state index in [4.69, 9.17) is 9.15 Å². The second-order valence-electron chi connectivity index (χ2n) is 4.94. The van der Waals surface area contributed by atoms with Crippen molar-refractivity contribution in [3.63, 3.8) is 0 Å². The largest absolute Gasteiger partial charge is 0.493 e. The molecule has 1 aromatic heterocycles. The molecule has 0 saturated heterocycles. The fraction of sp³-hybridized carbons (Fsp3) is 0.333. The lowest BCUT2D eigenvalue weighted by Crippen LogP contribution is -2.20. The Kier molecular flexibility index (Phi) is 3.18. The van der Waals surface area contributed by atoms with E-state index in [-0.39, 0.29) is 11.8 Å². The van der Waals surface area contributed by atoms with Gasteiger partial charge in [0.15, 0.2) is 17.1 Å². The molecule has 1 N–H and O–H groups in total. The molecule has 1 aliphatic carbocycles. The number of benzene rings is 1. The highest BCUT2D eigenvalue weighted by atomic mass is 16.5. The summed E-state index contributed by atoms with van der Waals surface area (Å²) >= 11 is 0. The van der Waals surface area contributed by atoms with Crippen molar-refractivity contribution >= 4 is 22.6 Å². The number of para-hydroxylation sites is 1. The SMILES string of the molecule is COc1cccc2cc(/C(C)=N/NC(=O)C3CC3)oc12. The van der Waals surface area contributed by atoms with E-state index in [9.17, 15) is 4.79 Å². The van der Waals surface area contributed by atoms with Gasteiger partial charge in [-0.15, -0.1) is 0 Å². The minimum Gasteiger partial charge on any atom is -0.493 e. The van der Waals surface area contributed by atoms with Crippen molar-refractivity contribution in [3.8, 4) is 5.75 Å². The number of furan rings is 1. The fourth-order valence-electron chi connectivity index (χ4n) is 2.01. The van der Waals surface area contributed by atoms with E-state index < -0.39 is 0 Å². The first kappa shape index (κ1) is 12.7. The molecular weight excluding hydrogens is 256 g/mol. The van der Waals surface area contributed by atoms with Gasteiger partial charge in [-0.1, -0.05) is 12.1 Å². The Morgan fingerprint density at radius 1 is 1.45 bits per heavy atom. The standard InChI is InChI=1S/C15H16N2O3/c1-9(16-17-15(18)10-6-7-10)13-8-11-4-3-5-12(19-2)14(11)20-13/h3-5,8,10H,6-7H2,1-2H3,(H,17,18)/b16-9+. The number of methoxy groups -OCH3 is 1. The van der Waals surface area contributed by atoms with E-state index in [0.29, 0.717) is 22.8 Å². The number of fused-ring (bicyclic) bond motifs is 1. The first-order valence-electron chi connectivity index (χ1n) is 6.60. The summed E-state index contributed by atoms with van der Waals surface area (Å²) in [4.78, 5) is 11.5. The summed E-state index contributed by atoms with van der Waals surface area (Å²) in [6.07, 6.45) is 1.92. The molecule has 1 aromatic carbocycles. The van der Waals surface area contributed by atoms with Gasteiger partial charge in [-0.25, -0.2) is 5.43 Å². The van der Waals surface area contributed by atoms with Gasteiger partial charge in [-0.2, -0.15) is 5.10 Å². The van der Waals surface area contributed by atoms with Crippen molar-refractivity contribution in [2.75, 3.05) is 7.11 Å². The second-order valence-corrected chi connectivity index (χ2v) is 4.94. The molecule has 5 nitrogen and oxygen atoms in total. The summed E-state index contributed by atoms with van der Waals surface area (Å²) in [5.41, 5.74) is 3.90. The Morgan fingerprint density at radius 2 is 2.25 bits per heavy atom. The number of ether oxygens (including phenoxy) is 1. The third kappa shape index (κ3) is 2.39. The molecule has 104 valence electrons. The van der Waals surface area contributed by atoms with Crippen LogP contribution in [0.25, 0.3) is 11.0 Å². The molecule has 1 saturated carbocycles. The maximum Gasteiger partial charge on any atom is 0.243 e. The molecule has 0 radical (unpaired) electrons. The molecular formula is C15H16N2O3. The molecule has 3 rings (SSSR count). The first-order chi connectivity index (χ1) is 9.69. The first-order valence-corrected chi connectivity index (χ1v) is 6.60. The van der Waals surface area contributed by atoms with Gasteiger partial charge in [0, 0.05) is 11.3 Å². The maximum absolute atomic E-state index is 11.5. The molecule has 1 amide bonds. The number of nitrogens with zero attached hydrogens (tertiary/aromatic N) is 1. The van der Waals surface area contributed by atoms with Crippen molar-refractivity contribution in [2.45, 2.75) is 19.8 Å². The van der Waals surface area contributed by atoms with Crippen molar-refractivity contribution in [3.05, 3.63) is 30.0 Å². The summed E-state index contributed by atoms with van der Waals surface area (Å²) in [5, 5.41) is 5.04. The summed E-state index contributed by atoms with van der Waals surface area (Å²) < 4.78 is 11.0. The molecule has 0 bridgehead atoms. The fourth-order valence-corrected chi connectivity index (χ4v) is 2.01. The molecule has 1 aliphatic rings. The molecule has 5 heteroatoms. The normalized spacial score (nSPS) is 15.4. The van der Waals surface area contributed by atoms with Gasteiger partial charge in [-0.3, -0.25) is 4.79 Å². The summed E-state index contributed by atoms with van der Waals surface area (Å²) in [6.45, 7) is 1.80. The zero-order chi connectivity index (χ0) is 14.1. The summed E-state index contributed by atoms with van der Waals surface area (Å²) in [5.74, 6) is 1.43. The molecule has 0 unspecified atom stereocenters. The van der Waals surface area contributed by atoms with Crippen LogP contribution in [0.3, 0.4) is 0 Å². The number of hydrazone groups is 1.